The molecule has 70 valence electrons. The lowest BCUT2D eigenvalue weighted by molar-refractivity contribution is -0.118. The van der Waals surface area contributed by atoms with Gasteiger partial charge in [-0.15, -0.1) is 0 Å². The molecule has 0 aromatic carbocycles. The predicted octanol–water partition coefficient (Wildman–Crippen LogP) is 0.190. The summed E-state index contributed by atoms with van der Waals surface area (Å²) in [5.41, 5.74) is 0.955. The summed E-state index contributed by atoms with van der Waals surface area (Å²) in [6.07, 6.45) is 1.39. The van der Waals surface area contributed by atoms with Gasteiger partial charge in [-0.2, -0.15) is 5.06 Å². The summed E-state index contributed by atoms with van der Waals surface area (Å²) in [6.45, 7) is 1.60. The fraction of sp³-hybridized carbons (Fsp3) is 0.444. The molecule has 1 aliphatic rings. The maximum Gasteiger partial charge on any atom is 0.0958 e. The quantitative estimate of drug-likeness (QED) is 0.705. The second-order valence-corrected chi connectivity index (χ2v) is 3.09. The highest BCUT2D eigenvalue weighted by Crippen LogP contribution is 2.09. The Morgan fingerprint density at radius 2 is 2.54 bits per heavy atom. The van der Waals surface area contributed by atoms with Crippen LogP contribution in [0.2, 0.25) is 0 Å². The van der Waals surface area contributed by atoms with Crippen LogP contribution in [0.15, 0.2) is 24.4 Å². The maximum absolute atomic E-state index is 9.19. The first-order valence-electron chi connectivity index (χ1n) is 4.30. The monoisotopic (exact) mass is 180 g/mol. The van der Waals surface area contributed by atoms with Gasteiger partial charge in [0.1, 0.15) is 0 Å². The number of β-amino-alcohol motifs (C(OH)–C–C–N with tert-alkyl or cyclic N) is 1. The van der Waals surface area contributed by atoms with E-state index in [1.165, 1.54) is 0 Å². The van der Waals surface area contributed by atoms with Crippen molar-refractivity contribution < 1.29 is 9.94 Å². The highest BCUT2D eigenvalue weighted by atomic mass is 16.7. The Labute approximate surface area is 76.7 Å². The van der Waals surface area contributed by atoms with Crippen molar-refractivity contribution in [3.63, 3.8) is 0 Å². The fourth-order valence-electron chi connectivity index (χ4n) is 1.31. The van der Waals surface area contributed by atoms with Crippen LogP contribution in [-0.4, -0.2) is 34.4 Å². The highest BCUT2D eigenvalue weighted by Gasteiger charge is 2.21. The zero-order valence-electron chi connectivity index (χ0n) is 7.26. The largest absolute Gasteiger partial charge is 0.389 e. The first-order valence-corrected chi connectivity index (χ1v) is 4.30. The van der Waals surface area contributed by atoms with Gasteiger partial charge >= 0.3 is 0 Å². The highest BCUT2D eigenvalue weighted by molar-refractivity contribution is 5.02. The minimum atomic E-state index is -0.358. The number of aliphatic hydroxyl groups excluding tert-OH is 1. The molecule has 1 atom stereocenters. The lowest BCUT2D eigenvalue weighted by Gasteiger charge is -2.11. The average Bonchev–Trinajstić information content (AvgIpc) is 2.53. The van der Waals surface area contributed by atoms with Crippen molar-refractivity contribution >= 4 is 0 Å². The first-order chi connectivity index (χ1) is 6.34. The zero-order chi connectivity index (χ0) is 9.10. The lowest BCUT2D eigenvalue weighted by Crippen LogP contribution is -2.20. The third-order valence-corrected chi connectivity index (χ3v) is 1.93. The number of nitrogens with zero attached hydrogens (tertiary/aromatic N) is 2. The Hall–Kier alpha value is -0.970. The topological polar surface area (TPSA) is 45.6 Å². The van der Waals surface area contributed by atoms with E-state index in [0.29, 0.717) is 19.7 Å². The van der Waals surface area contributed by atoms with Crippen LogP contribution in [0.25, 0.3) is 0 Å². The van der Waals surface area contributed by atoms with Crippen LogP contribution < -0.4 is 0 Å². The summed E-state index contributed by atoms with van der Waals surface area (Å²) in [7, 11) is 0. The summed E-state index contributed by atoms with van der Waals surface area (Å²) in [5.74, 6) is 0. The third-order valence-electron chi connectivity index (χ3n) is 1.93. The molecule has 1 N–H and O–H groups in total. The fourth-order valence-corrected chi connectivity index (χ4v) is 1.31. The van der Waals surface area contributed by atoms with E-state index in [9.17, 15) is 5.11 Å². The molecule has 2 heterocycles. The predicted molar refractivity (Wildman–Crippen MR) is 46.6 cm³/mol. The molecule has 13 heavy (non-hydrogen) atoms. The van der Waals surface area contributed by atoms with Crippen LogP contribution in [0.1, 0.15) is 5.69 Å². The number of hydroxylamine groups is 2. The van der Waals surface area contributed by atoms with Gasteiger partial charge in [-0.25, -0.2) is 0 Å². The van der Waals surface area contributed by atoms with Crippen molar-refractivity contribution in [1.29, 1.82) is 0 Å². The van der Waals surface area contributed by atoms with E-state index in [0.717, 1.165) is 5.69 Å². The summed E-state index contributed by atoms with van der Waals surface area (Å²) >= 11 is 0. The molecule has 0 amide bonds. The molecule has 0 unspecified atom stereocenters. The molecular formula is C9H12N2O2. The molecule has 1 aromatic heterocycles. The number of pyridine rings is 1. The summed E-state index contributed by atoms with van der Waals surface area (Å²) in [6, 6.07) is 5.76. The molecule has 2 rings (SSSR count). The van der Waals surface area contributed by atoms with E-state index in [-0.39, 0.29) is 6.10 Å². The van der Waals surface area contributed by atoms with Gasteiger partial charge in [0.15, 0.2) is 0 Å². The Balaban J connectivity index is 1.92. The molecule has 1 fully saturated rings. The summed E-state index contributed by atoms with van der Waals surface area (Å²) < 4.78 is 0. The van der Waals surface area contributed by atoms with E-state index in [2.05, 4.69) is 4.98 Å². The SMILES string of the molecule is O[C@H]1CON(Cc2ccccn2)C1. The Morgan fingerprint density at radius 3 is 3.15 bits per heavy atom. The number of hydrogen-bond donors (Lipinski definition) is 1. The Kier molecular flexibility index (Phi) is 2.54. The van der Waals surface area contributed by atoms with E-state index < -0.39 is 0 Å². The van der Waals surface area contributed by atoms with Crippen molar-refractivity contribution in [2.24, 2.45) is 0 Å². The Bertz CT molecular complexity index is 266. The van der Waals surface area contributed by atoms with Gasteiger partial charge in [0.25, 0.3) is 0 Å². The van der Waals surface area contributed by atoms with Crippen LogP contribution in [-0.2, 0) is 11.4 Å². The zero-order valence-corrected chi connectivity index (χ0v) is 7.26. The molecule has 0 saturated carbocycles. The standard InChI is InChI=1S/C9H12N2O2/c12-9-6-11(13-7-9)5-8-3-1-2-4-10-8/h1-4,9,12H,5-7H2/t9-/m1/s1. The number of aromatic nitrogens is 1. The molecule has 0 radical (unpaired) electrons. The van der Waals surface area contributed by atoms with Gasteiger partial charge in [0.05, 0.1) is 31.5 Å². The molecular weight excluding hydrogens is 168 g/mol. The van der Waals surface area contributed by atoms with Crippen LogP contribution in [0, 0.1) is 0 Å². The van der Waals surface area contributed by atoms with Crippen LogP contribution in [0.3, 0.4) is 0 Å². The number of hydrogen-bond acceptors (Lipinski definition) is 4. The number of rotatable bonds is 2. The van der Waals surface area contributed by atoms with Gasteiger partial charge in [-0.1, -0.05) is 6.07 Å². The minimum Gasteiger partial charge on any atom is -0.389 e. The lowest BCUT2D eigenvalue weighted by atomic mass is 10.3. The van der Waals surface area contributed by atoms with Gasteiger partial charge in [0, 0.05) is 6.20 Å². The second-order valence-electron chi connectivity index (χ2n) is 3.09. The molecule has 1 aliphatic heterocycles. The van der Waals surface area contributed by atoms with Crippen molar-refractivity contribution in [3.05, 3.63) is 30.1 Å². The second kappa shape index (κ2) is 3.83. The smallest absolute Gasteiger partial charge is 0.0958 e. The van der Waals surface area contributed by atoms with Gasteiger partial charge in [-0.3, -0.25) is 9.82 Å². The molecule has 1 aromatic rings. The summed E-state index contributed by atoms with van der Waals surface area (Å²) in [5, 5.41) is 10.9. The maximum atomic E-state index is 9.19. The van der Waals surface area contributed by atoms with Crippen LogP contribution in [0.5, 0.6) is 0 Å². The molecule has 4 heteroatoms. The number of aliphatic hydroxyl groups is 1. The van der Waals surface area contributed by atoms with E-state index >= 15 is 0 Å². The van der Waals surface area contributed by atoms with Crippen LogP contribution >= 0.6 is 0 Å². The van der Waals surface area contributed by atoms with E-state index in [1.807, 2.05) is 18.2 Å². The summed E-state index contributed by atoms with van der Waals surface area (Å²) in [4.78, 5) is 9.38. The van der Waals surface area contributed by atoms with Crippen LogP contribution in [0.4, 0.5) is 0 Å². The molecule has 0 spiro atoms. The Morgan fingerprint density at radius 1 is 1.62 bits per heavy atom. The molecule has 0 aliphatic carbocycles. The van der Waals surface area contributed by atoms with Gasteiger partial charge < -0.3 is 5.11 Å². The molecule has 4 nitrogen and oxygen atoms in total. The van der Waals surface area contributed by atoms with Crippen molar-refractivity contribution in [3.8, 4) is 0 Å². The minimum absolute atomic E-state index is 0.358. The first kappa shape index (κ1) is 8.62. The van der Waals surface area contributed by atoms with Crippen molar-refractivity contribution in [2.75, 3.05) is 13.2 Å². The third kappa shape index (κ3) is 2.24. The van der Waals surface area contributed by atoms with Crippen molar-refractivity contribution in [2.45, 2.75) is 12.6 Å². The average molecular weight is 180 g/mol. The normalized spacial score (nSPS) is 23.6. The molecule has 1 saturated heterocycles. The van der Waals surface area contributed by atoms with Gasteiger partial charge in [-0.05, 0) is 12.1 Å². The van der Waals surface area contributed by atoms with E-state index in [4.69, 9.17) is 4.84 Å². The van der Waals surface area contributed by atoms with Crippen molar-refractivity contribution in [1.82, 2.24) is 10.0 Å². The van der Waals surface area contributed by atoms with E-state index in [1.54, 1.807) is 11.3 Å². The van der Waals surface area contributed by atoms with Gasteiger partial charge in [0.2, 0.25) is 0 Å². The molecule has 0 bridgehead atoms.